The Bertz CT molecular complexity index is 879. The molecule has 3 fully saturated rings. The number of carbonyl (C=O) groups excluding carboxylic acids is 1. The van der Waals surface area contributed by atoms with Crippen LogP contribution in [0, 0.1) is 11.8 Å². The Hall–Kier alpha value is -2.15. The summed E-state index contributed by atoms with van der Waals surface area (Å²) in [6.07, 6.45) is 7.27. The van der Waals surface area contributed by atoms with Crippen LogP contribution >= 0.6 is 0 Å². The number of hydrogen-bond acceptors (Lipinski definition) is 4. The van der Waals surface area contributed by atoms with E-state index in [-0.39, 0.29) is 18.1 Å². The Morgan fingerprint density at radius 1 is 1.12 bits per heavy atom. The Morgan fingerprint density at radius 2 is 1.96 bits per heavy atom. The van der Waals surface area contributed by atoms with Gasteiger partial charge in [0.05, 0.1) is 0 Å². The SMILES string of the molecule is O=C(Cn1nc2ccccn2c1=O)N1CCN([C@@H]2C[C@@H]3CC[C@H]2C3)CC1. The molecule has 2 aliphatic carbocycles. The standard InChI is InChI=1S/C19H25N5O2/c25-18(13-24-19(26)23-6-2-1-3-17(23)20-24)22-9-7-21(8-10-22)16-12-14-4-5-15(16)11-14/h1-3,6,14-16H,4-5,7-13H2/t14-,15+,16-/m1/s1. The third-order valence-corrected chi connectivity index (χ3v) is 6.61. The first-order valence-corrected chi connectivity index (χ1v) is 9.75. The summed E-state index contributed by atoms with van der Waals surface area (Å²) >= 11 is 0. The maximum Gasteiger partial charge on any atom is 0.350 e. The van der Waals surface area contributed by atoms with Crippen LogP contribution in [0.4, 0.5) is 0 Å². The molecule has 0 N–H and O–H groups in total. The van der Waals surface area contributed by atoms with E-state index in [1.54, 1.807) is 18.3 Å². The van der Waals surface area contributed by atoms with Gasteiger partial charge in [0.15, 0.2) is 5.65 Å². The monoisotopic (exact) mass is 355 g/mol. The van der Waals surface area contributed by atoms with Crippen LogP contribution in [0.15, 0.2) is 29.2 Å². The van der Waals surface area contributed by atoms with E-state index < -0.39 is 0 Å². The fourth-order valence-corrected chi connectivity index (χ4v) is 5.26. The van der Waals surface area contributed by atoms with E-state index in [1.165, 1.54) is 34.8 Å². The van der Waals surface area contributed by atoms with Crippen LogP contribution in [0.5, 0.6) is 0 Å². The maximum atomic E-state index is 12.7. The Labute approximate surface area is 152 Å². The van der Waals surface area contributed by atoms with Crippen molar-refractivity contribution in [1.82, 2.24) is 24.0 Å². The van der Waals surface area contributed by atoms with Crippen LogP contribution in [-0.4, -0.2) is 62.1 Å². The number of nitrogens with zero attached hydrogens (tertiary/aromatic N) is 5. The lowest BCUT2D eigenvalue weighted by molar-refractivity contribution is -0.134. The maximum absolute atomic E-state index is 12.7. The zero-order valence-electron chi connectivity index (χ0n) is 15.0. The minimum absolute atomic E-state index is 0.0110. The minimum atomic E-state index is -0.255. The lowest BCUT2D eigenvalue weighted by Crippen LogP contribution is -2.53. The van der Waals surface area contributed by atoms with E-state index in [1.807, 2.05) is 11.0 Å². The average Bonchev–Trinajstić information content (AvgIpc) is 3.38. The van der Waals surface area contributed by atoms with Gasteiger partial charge in [0.25, 0.3) is 0 Å². The van der Waals surface area contributed by atoms with Gasteiger partial charge < -0.3 is 4.90 Å². The molecular weight excluding hydrogens is 330 g/mol. The quantitative estimate of drug-likeness (QED) is 0.818. The molecule has 0 radical (unpaired) electrons. The van der Waals surface area contributed by atoms with Gasteiger partial charge in [-0.05, 0) is 43.2 Å². The molecule has 1 aliphatic heterocycles. The van der Waals surface area contributed by atoms with Gasteiger partial charge in [-0.2, -0.15) is 0 Å². The van der Waals surface area contributed by atoms with Crippen LogP contribution in [0.25, 0.3) is 5.65 Å². The number of amides is 1. The number of aromatic nitrogens is 3. The van der Waals surface area contributed by atoms with Gasteiger partial charge in [-0.3, -0.25) is 14.1 Å². The van der Waals surface area contributed by atoms with Gasteiger partial charge in [-0.25, -0.2) is 9.48 Å². The number of rotatable bonds is 3. The molecule has 0 aromatic carbocycles. The highest BCUT2D eigenvalue weighted by atomic mass is 16.2. The number of pyridine rings is 1. The van der Waals surface area contributed by atoms with Crippen molar-refractivity contribution in [2.45, 2.75) is 38.3 Å². The average molecular weight is 355 g/mol. The third kappa shape index (κ3) is 2.65. The summed E-state index contributed by atoms with van der Waals surface area (Å²) in [5.41, 5.74) is 0.320. The molecule has 7 heteroatoms. The topological polar surface area (TPSA) is 62.9 Å². The Balaban J connectivity index is 1.22. The van der Waals surface area contributed by atoms with E-state index in [2.05, 4.69) is 10.00 Å². The second-order valence-electron chi connectivity index (χ2n) is 8.03. The van der Waals surface area contributed by atoms with Crippen molar-refractivity contribution < 1.29 is 4.79 Å². The summed E-state index contributed by atoms with van der Waals surface area (Å²) in [7, 11) is 0. The van der Waals surface area contributed by atoms with E-state index >= 15 is 0 Å². The summed E-state index contributed by atoms with van der Waals surface area (Å²) in [6, 6.07) is 6.14. The molecule has 3 atom stereocenters. The Kier molecular flexibility index (Phi) is 3.85. The molecule has 1 amide bonds. The van der Waals surface area contributed by atoms with E-state index in [4.69, 9.17) is 0 Å². The van der Waals surface area contributed by atoms with Crippen molar-refractivity contribution in [3.63, 3.8) is 0 Å². The fourth-order valence-electron chi connectivity index (χ4n) is 5.26. The summed E-state index contributed by atoms with van der Waals surface area (Å²) in [5, 5.41) is 4.26. The van der Waals surface area contributed by atoms with Crippen LogP contribution in [-0.2, 0) is 11.3 Å². The molecule has 138 valence electrons. The lowest BCUT2D eigenvalue weighted by atomic mass is 9.93. The number of hydrogen-bond donors (Lipinski definition) is 0. The molecule has 2 aromatic heterocycles. The van der Waals surface area contributed by atoms with E-state index in [0.717, 1.165) is 44.1 Å². The minimum Gasteiger partial charge on any atom is -0.339 e. The van der Waals surface area contributed by atoms with Crippen molar-refractivity contribution in [2.75, 3.05) is 26.2 Å². The number of fused-ring (bicyclic) bond motifs is 3. The van der Waals surface area contributed by atoms with E-state index in [9.17, 15) is 9.59 Å². The van der Waals surface area contributed by atoms with Crippen LogP contribution in [0.2, 0.25) is 0 Å². The molecule has 5 rings (SSSR count). The molecule has 2 bridgehead atoms. The first-order chi connectivity index (χ1) is 12.7. The fraction of sp³-hybridized carbons (Fsp3) is 0.632. The van der Waals surface area contributed by atoms with Crippen molar-refractivity contribution >= 4 is 11.6 Å². The highest BCUT2D eigenvalue weighted by molar-refractivity contribution is 5.76. The third-order valence-electron chi connectivity index (χ3n) is 6.61. The molecule has 3 heterocycles. The summed E-state index contributed by atoms with van der Waals surface area (Å²) in [4.78, 5) is 29.5. The molecule has 0 spiro atoms. The zero-order valence-corrected chi connectivity index (χ0v) is 15.0. The molecule has 1 saturated heterocycles. The molecule has 2 aromatic rings. The molecule has 2 saturated carbocycles. The van der Waals surface area contributed by atoms with Crippen molar-refractivity contribution in [1.29, 1.82) is 0 Å². The van der Waals surface area contributed by atoms with Gasteiger partial charge in [0, 0.05) is 38.4 Å². The van der Waals surface area contributed by atoms with Gasteiger partial charge in [0.1, 0.15) is 6.54 Å². The molecule has 26 heavy (non-hydrogen) atoms. The summed E-state index contributed by atoms with van der Waals surface area (Å²) < 4.78 is 2.75. The predicted molar refractivity (Wildman–Crippen MR) is 96.8 cm³/mol. The van der Waals surface area contributed by atoms with Gasteiger partial charge in [-0.1, -0.05) is 12.5 Å². The molecule has 0 unspecified atom stereocenters. The lowest BCUT2D eigenvalue weighted by Gasteiger charge is -2.41. The smallest absolute Gasteiger partial charge is 0.339 e. The van der Waals surface area contributed by atoms with Crippen molar-refractivity contribution in [3.05, 3.63) is 34.9 Å². The highest BCUT2D eigenvalue weighted by Crippen LogP contribution is 2.46. The van der Waals surface area contributed by atoms with Crippen LogP contribution < -0.4 is 5.69 Å². The highest BCUT2D eigenvalue weighted by Gasteiger charge is 2.42. The van der Waals surface area contributed by atoms with Crippen LogP contribution in [0.3, 0.4) is 0 Å². The number of piperazine rings is 1. The predicted octanol–water partition coefficient (Wildman–Crippen LogP) is 0.829. The first kappa shape index (κ1) is 16.1. The van der Waals surface area contributed by atoms with Gasteiger partial charge in [-0.15, -0.1) is 5.10 Å². The molecule has 3 aliphatic rings. The largest absolute Gasteiger partial charge is 0.350 e. The first-order valence-electron chi connectivity index (χ1n) is 9.75. The normalized spacial score (nSPS) is 28.9. The zero-order chi connectivity index (χ0) is 17.7. The van der Waals surface area contributed by atoms with Crippen molar-refractivity contribution in [3.8, 4) is 0 Å². The van der Waals surface area contributed by atoms with Crippen molar-refractivity contribution in [2.24, 2.45) is 11.8 Å². The summed E-state index contributed by atoms with van der Waals surface area (Å²) in [6.45, 7) is 3.46. The number of carbonyl (C=O) groups is 1. The summed E-state index contributed by atoms with van der Waals surface area (Å²) in [5.74, 6) is 1.83. The van der Waals surface area contributed by atoms with Gasteiger partial charge >= 0.3 is 5.69 Å². The van der Waals surface area contributed by atoms with Gasteiger partial charge in [0.2, 0.25) is 5.91 Å². The molecule has 7 nitrogen and oxygen atoms in total. The molecular formula is C19H25N5O2. The second kappa shape index (κ2) is 6.23. The van der Waals surface area contributed by atoms with E-state index in [0.29, 0.717) is 5.65 Å². The van der Waals surface area contributed by atoms with Crippen LogP contribution in [0.1, 0.15) is 25.7 Å². The Morgan fingerprint density at radius 3 is 2.65 bits per heavy atom. The second-order valence-corrected chi connectivity index (χ2v) is 8.03.